The maximum absolute atomic E-state index is 12.6. The van der Waals surface area contributed by atoms with E-state index in [0.29, 0.717) is 41.6 Å². The Morgan fingerprint density at radius 3 is 2.48 bits per heavy atom. The van der Waals surface area contributed by atoms with Gasteiger partial charge in [-0.05, 0) is 50.5 Å². The molecule has 3 aromatic rings. The smallest absolute Gasteiger partial charge is 0.332 e. The Hall–Kier alpha value is -2.85. The van der Waals surface area contributed by atoms with E-state index in [0.717, 1.165) is 5.56 Å². The normalized spacial score (nSPS) is 16.6. The van der Waals surface area contributed by atoms with Crippen molar-refractivity contribution in [2.75, 3.05) is 11.5 Å². The van der Waals surface area contributed by atoms with Crippen molar-refractivity contribution in [3.8, 4) is 5.75 Å². The number of aromatic nitrogens is 4. The number of aromatic amines is 1. The number of H-pyrrole nitrogens is 1. The van der Waals surface area contributed by atoms with Crippen LogP contribution in [0, 0.1) is 0 Å². The van der Waals surface area contributed by atoms with E-state index in [-0.39, 0.29) is 35.4 Å². The molecule has 176 valence electrons. The average molecular weight is 493 g/mol. The Bertz CT molecular complexity index is 1440. The number of hydrogen-bond donors (Lipinski definition) is 1. The minimum atomic E-state index is -2.95. The second-order valence-electron chi connectivity index (χ2n) is 7.89. The molecule has 0 amide bonds. The summed E-state index contributed by atoms with van der Waals surface area (Å²) in [5.41, 5.74) is 0.632. The van der Waals surface area contributed by atoms with Gasteiger partial charge < -0.3 is 9.72 Å². The predicted molar refractivity (Wildman–Crippen MR) is 129 cm³/mol. The van der Waals surface area contributed by atoms with E-state index >= 15 is 0 Å². The number of aryl methyl sites for hydroxylation is 1. The Morgan fingerprint density at radius 2 is 1.85 bits per heavy atom. The van der Waals surface area contributed by atoms with Gasteiger partial charge in [0, 0.05) is 13.1 Å². The monoisotopic (exact) mass is 492 g/mol. The second-order valence-corrected chi connectivity index (χ2v) is 10.6. The van der Waals surface area contributed by atoms with Gasteiger partial charge in [-0.15, -0.1) is 0 Å². The van der Waals surface area contributed by atoms with Gasteiger partial charge >= 0.3 is 5.69 Å². The number of benzene rings is 1. The van der Waals surface area contributed by atoms with Crippen molar-refractivity contribution < 1.29 is 13.2 Å². The molecule has 0 bridgehead atoms. The van der Waals surface area contributed by atoms with E-state index in [1.807, 2.05) is 13.0 Å². The first kappa shape index (κ1) is 23.3. The lowest BCUT2D eigenvalue weighted by Crippen LogP contribution is -2.39. The third-order valence-electron chi connectivity index (χ3n) is 5.70. The summed E-state index contributed by atoms with van der Waals surface area (Å²) in [6, 6.07) is 5.31. The molecule has 1 aromatic carbocycles. The van der Waals surface area contributed by atoms with E-state index in [1.165, 1.54) is 9.13 Å². The van der Waals surface area contributed by atoms with E-state index in [1.54, 1.807) is 31.2 Å². The molecule has 4 rings (SSSR count). The first-order valence-corrected chi connectivity index (χ1v) is 13.0. The number of sulfone groups is 1. The molecule has 1 aliphatic heterocycles. The molecular formula is C22H25ClN4O5S. The highest BCUT2D eigenvalue weighted by atomic mass is 35.5. The Kier molecular flexibility index (Phi) is 6.49. The number of halogens is 1. The predicted octanol–water partition coefficient (Wildman–Crippen LogP) is 2.71. The number of nitrogens with one attached hydrogen (secondary N) is 1. The van der Waals surface area contributed by atoms with E-state index in [4.69, 9.17) is 16.3 Å². The molecule has 0 aliphatic carbocycles. The molecule has 11 heteroatoms. The zero-order valence-electron chi connectivity index (χ0n) is 18.4. The van der Waals surface area contributed by atoms with Crippen LogP contribution >= 0.6 is 11.6 Å². The van der Waals surface area contributed by atoms with Crippen molar-refractivity contribution in [2.24, 2.45) is 0 Å². The summed E-state index contributed by atoms with van der Waals surface area (Å²) in [6.07, 6.45) is 4.22. The number of rotatable bonds is 6. The number of fused-ring (bicyclic) bond motifs is 1. The Labute approximate surface area is 195 Å². The molecular weight excluding hydrogens is 468 g/mol. The second kappa shape index (κ2) is 9.18. The number of imidazole rings is 1. The quantitative estimate of drug-likeness (QED) is 0.565. The van der Waals surface area contributed by atoms with Crippen LogP contribution < -0.4 is 16.0 Å². The molecule has 1 aliphatic rings. The summed E-state index contributed by atoms with van der Waals surface area (Å²) in [6.45, 7) is 4.25. The molecule has 33 heavy (non-hydrogen) atoms. The van der Waals surface area contributed by atoms with Crippen LogP contribution in [0.5, 0.6) is 5.75 Å². The van der Waals surface area contributed by atoms with Crippen LogP contribution in [0.1, 0.15) is 38.1 Å². The van der Waals surface area contributed by atoms with E-state index in [2.05, 4.69) is 9.97 Å². The topological polar surface area (TPSA) is 116 Å². The van der Waals surface area contributed by atoms with Crippen LogP contribution in [0.25, 0.3) is 23.3 Å². The summed E-state index contributed by atoms with van der Waals surface area (Å²) in [5.74, 6) is 1.21. The van der Waals surface area contributed by atoms with Gasteiger partial charge in [-0.3, -0.25) is 13.9 Å². The highest BCUT2D eigenvalue weighted by molar-refractivity contribution is 7.91. The third kappa shape index (κ3) is 4.77. The van der Waals surface area contributed by atoms with Crippen molar-refractivity contribution in [3.63, 3.8) is 0 Å². The van der Waals surface area contributed by atoms with Crippen LogP contribution in [-0.4, -0.2) is 45.1 Å². The van der Waals surface area contributed by atoms with Gasteiger partial charge in [0.15, 0.2) is 15.5 Å². The molecule has 0 unspecified atom stereocenters. The minimum Gasteiger partial charge on any atom is -0.489 e. The van der Waals surface area contributed by atoms with Crippen LogP contribution in [0.4, 0.5) is 0 Å². The lowest BCUT2D eigenvalue weighted by atomic mass is 10.2. The molecule has 1 N–H and O–H groups in total. The fourth-order valence-electron chi connectivity index (χ4n) is 3.88. The van der Waals surface area contributed by atoms with Gasteiger partial charge in [0.25, 0.3) is 5.56 Å². The summed E-state index contributed by atoms with van der Waals surface area (Å²) in [7, 11) is -2.95. The van der Waals surface area contributed by atoms with Crippen LogP contribution in [0.3, 0.4) is 0 Å². The lowest BCUT2D eigenvalue weighted by molar-refractivity contribution is 0.190. The Morgan fingerprint density at radius 1 is 1.15 bits per heavy atom. The Balaban J connectivity index is 1.56. The number of ether oxygens (including phenoxy) is 1. The molecule has 1 fully saturated rings. The van der Waals surface area contributed by atoms with Gasteiger partial charge in [0.05, 0.1) is 16.5 Å². The largest absolute Gasteiger partial charge is 0.489 e. The molecule has 0 radical (unpaired) electrons. The van der Waals surface area contributed by atoms with Gasteiger partial charge in [-0.1, -0.05) is 23.7 Å². The van der Waals surface area contributed by atoms with Gasteiger partial charge in [-0.25, -0.2) is 18.2 Å². The molecule has 0 spiro atoms. The van der Waals surface area contributed by atoms with Crippen molar-refractivity contribution in [2.45, 2.75) is 45.9 Å². The highest BCUT2D eigenvalue weighted by Gasteiger charge is 2.25. The zero-order chi connectivity index (χ0) is 23.8. The van der Waals surface area contributed by atoms with E-state index in [9.17, 15) is 18.0 Å². The van der Waals surface area contributed by atoms with Gasteiger partial charge in [0.1, 0.15) is 23.2 Å². The molecule has 2 aromatic heterocycles. The molecule has 0 atom stereocenters. The van der Waals surface area contributed by atoms with Crippen molar-refractivity contribution >= 4 is 44.8 Å². The number of hydrogen-bond acceptors (Lipinski definition) is 6. The highest BCUT2D eigenvalue weighted by Crippen LogP contribution is 2.29. The first-order valence-electron chi connectivity index (χ1n) is 10.8. The number of nitrogens with zero attached hydrogens (tertiary/aromatic N) is 3. The molecule has 0 saturated carbocycles. The molecule has 1 saturated heterocycles. The SMILES string of the molecule is CCn1c(=O)c2[nH]c(/C=C/c3ccc(OC4CCS(=O)(=O)CC4)c(Cl)c3)nc2n(CC)c1=O. The lowest BCUT2D eigenvalue weighted by Gasteiger charge is -2.23. The maximum atomic E-state index is 12.6. The summed E-state index contributed by atoms with van der Waals surface area (Å²) in [5, 5.41) is 0.417. The minimum absolute atomic E-state index is 0.128. The van der Waals surface area contributed by atoms with E-state index < -0.39 is 15.4 Å². The summed E-state index contributed by atoms with van der Waals surface area (Å²) < 4.78 is 31.7. The first-order chi connectivity index (χ1) is 15.7. The van der Waals surface area contributed by atoms with Crippen molar-refractivity contribution in [1.82, 2.24) is 19.1 Å². The van der Waals surface area contributed by atoms with Crippen molar-refractivity contribution in [3.05, 3.63) is 55.4 Å². The maximum Gasteiger partial charge on any atom is 0.332 e. The fraction of sp³-hybridized carbons (Fsp3) is 0.409. The molecule has 9 nitrogen and oxygen atoms in total. The summed E-state index contributed by atoms with van der Waals surface area (Å²) >= 11 is 6.38. The standard InChI is InChI=1S/C22H25ClN4O5S/c1-3-26-20-19(21(28)27(4-2)22(26)29)24-18(25-20)8-6-14-5-7-17(16(23)13-14)32-15-9-11-33(30,31)12-10-15/h5-8,13,15H,3-4,9-12H2,1-2H3,(H,24,25)/b8-6+. The summed E-state index contributed by atoms with van der Waals surface area (Å²) in [4.78, 5) is 32.5. The fourth-order valence-corrected chi connectivity index (χ4v) is 5.57. The van der Waals surface area contributed by atoms with Crippen LogP contribution in [-0.2, 0) is 22.9 Å². The van der Waals surface area contributed by atoms with Crippen molar-refractivity contribution in [1.29, 1.82) is 0 Å². The van der Waals surface area contributed by atoms with Crippen LogP contribution in [0.15, 0.2) is 27.8 Å². The van der Waals surface area contributed by atoms with Crippen LogP contribution in [0.2, 0.25) is 5.02 Å². The van der Waals surface area contributed by atoms with Gasteiger partial charge in [0.2, 0.25) is 0 Å². The molecule has 3 heterocycles. The third-order valence-corrected chi connectivity index (χ3v) is 7.71. The average Bonchev–Trinajstić information content (AvgIpc) is 3.20. The van der Waals surface area contributed by atoms with Gasteiger partial charge in [-0.2, -0.15) is 0 Å². The zero-order valence-corrected chi connectivity index (χ0v) is 19.9.